The fourth-order valence-corrected chi connectivity index (χ4v) is 3.94. The van der Waals surface area contributed by atoms with Crippen LogP contribution in [-0.2, 0) is 42.8 Å². The Bertz CT molecular complexity index is 1060. The number of hydrogen-bond donors (Lipinski definition) is 0. The van der Waals surface area contributed by atoms with Gasteiger partial charge in [-0.05, 0) is 47.6 Å². The number of carbonyl (C=O) groups is 3. The fraction of sp³-hybridized carbons (Fsp3) is 0.654. The maximum atomic E-state index is 13.0. The van der Waals surface area contributed by atoms with Gasteiger partial charge in [-0.15, -0.1) is 0 Å². The van der Waals surface area contributed by atoms with Crippen molar-refractivity contribution in [2.24, 2.45) is 0 Å². The lowest BCUT2D eigenvalue weighted by atomic mass is 9.96. The average molecular weight is 745 g/mol. The van der Waals surface area contributed by atoms with Crippen molar-refractivity contribution < 1.29 is 47.5 Å². The van der Waals surface area contributed by atoms with Gasteiger partial charge in [0.05, 0.1) is 12.2 Å². The third kappa shape index (κ3) is 8.02. The van der Waals surface area contributed by atoms with Crippen molar-refractivity contribution in [3.8, 4) is 5.75 Å². The van der Waals surface area contributed by atoms with Crippen LogP contribution in [0.3, 0.4) is 0 Å². The van der Waals surface area contributed by atoms with Crippen LogP contribution in [0, 0.1) is 0 Å². The molecule has 6 atom stereocenters. The maximum absolute atomic E-state index is 13.0. The van der Waals surface area contributed by atoms with Crippen molar-refractivity contribution in [3.63, 3.8) is 0 Å². The molecule has 0 saturated carbocycles. The number of hydrogen-bond acceptors (Lipinski definition) is 10. The minimum Gasteiger partial charge on any atom is -0.454 e. The Morgan fingerprint density at radius 2 is 1.36 bits per heavy atom. The van der Waals surface area contributed by atoms with Crippen LogP contribution in [0.5, 0.6) is 5.75 Å². The first-order chi connectivity index (χ1) is 17.9. The number of halogens is 3. The summed E-state index contributed by atoms with van der Waals surface area (Å²) in [4.78, 5) is 38.4. The molecule has 2 fully saturated rings. The Hall–Kier alpha value is -1.09. The van der Waals surface area contributed by atoms with Crippen molar-refractivity contribution in [2.75, 3.05) is 13.7 Å². The molecule has 2 aliphatic heterocycles. The zero-order chi connectivity index (χ0) is 29.3. The molecule has 1 aromatic carbocycles. The molecule has 0 bridgehead atoms. The van der Waals surface area contributed by atoms with Crippen LogP contribution < -0.4 is 4.74 Å². The Kier molecular flexibility index (Phi) is 10.3. The topological polar surface area (TPSA) is 116 Å². The number of rotatable bonds is 8. The molecule has 10 nitrogen and oxygen atoms in total. The smallest absolute Gasteiger partial charge is 0.327 e. The summed E-state index contributed by atoms with van der Waals surface area (Å²) >= 11 is 9.92. The minimum absolute atomic E-state index is 0.0256. The Morgan fingerprint density at radius 3 is 1.90 bits per heavy atom. The Balaban J connectivity index is 1.97. The average Bonchev–Trinajstić information content (AvgIpc) is 2.83. The van der Waals surface area contributed by atoms with Gasteiger partial charge in [-0.1, -0.05) is 66.0 Å². The van der Waals surface area contributed by atoms with Crippen molar-refractivity contribution in [3.05, 3.63) is 29.8 Å². The minimum atomic E-state index is -1.17. The number of benzene rings is 1. The van der Waals surface area contributed by atoms with E-state index in [2.05, 4.69) is 47.8 Å². The van der Waals surface area contributed by atoms with Crippen molar-refractivity contribution in [1.82, 2.24) is 0 Å². The highest BCUT2D eigenvalue weighted by Crippen LogP contribution is 2.40. The molecular formula is C26H33Br3O10. The molecule has 0 aliphatic carbocycles. The molecule has 2 heterocycles. The number of fused-ring (bicyclic) bond motifs is 1. The first-order valence-electron chi connectivity index (χ1n) is 12.2. The van der Waals surface area contributed by atoms with Gasteiger partial charge in [0.25, 0.3) is 0 Å². The lowest BCUT2D eigenvalue weighted by Crippen LogP contribution is -2.65. The first-order valence-corrected chi connectivity index (χ1v) is 14.6. The van der Waals surface area contributed by atoms with E-state index in [1.54, 1.807) is 65.8 Å². The zero-order valence-corrected chi connectivity index (χ0v) is 27.5. The quantitative estimate of drug-likeness (QED) is 0.211. The van der Waals surface area contributed by atoms with E-state index >= 15 is 0 Å². The highest BCUT2D eigenvalue weighted by molar-refractivity contribution is 9.10. The molecule has 3 rings (SSSR count). The summed E-state index contributed by atoms with van der Waals surface area (Å²) in [6, 6.07) is 6.78. The summed E-state index contributed by atoms with van der Waals surface area (Å²) in [5.74, 6) is -1.50. The molecule has 1 aromatic rings. The lowest BCUT2D eigenvalue weighted by molar-refractivity contribution is -0.359. The van der Waals surface area contributed by atoms with Crippen LogP contribution in [0.4, 0.5) is 0 Å². The highest BCUT2D eigenvalue weighted by Gasteiger charge is 2.55. The highest BCUT2D eigenvalue weighted by atomic mass is 79.9. The number of carbonyl (C=O) groups excluding carboxylic acids is 3. The molecule has 2 saturated heterocycles. The number of para-hydroxylation sites is 1. The van der Waals surface area contributed by atoms with Gasteiger partial charge in [-0.2, -0.15) is 0 Å². The van der Waals surface area contributed by atoms with Gasteiger partial charge in [0.15, 0.2) is 24.8 Å². The van der Waals surface area contributed by atoms with E-state index in [4.69, 9.17) is 33.2 Å². The number of esters is 3. The van der Waals surface area contributed by atoms with Crippen LogP contribution >= 0.6 is 47.8 Å². The molecule has 13 heteroatoms. The normalized spacial score (nSPS) is 27.7. The monoisotopic (exact) mass is 742 g/mol. The number of ether oxygens (including phenoxy) is 7. The van der Waals surface area contributed by atoms with E-state index < -0.39 is 67.9 Å². The molecule has 0 N–H and O–H groups in total. The first kappa shape index (κ1) is 32.4. The van der Waals surface area contributed by atoms with Gasteiger partial charge in [0, 0.05) is 7.11 Å². The third-order valence-electron chi connectivity index (χ3n) is 5.83. The summed E-state index contributed by atoms with van der Waals surface area (Å²) in [5, 5.41) is 0. The van der Waals surface area contributed by atoms with Gasteiger partial charge in [-0.25, -0.2) is 0 Å². The van der Waals surface area contributed by atoms with Crippen LogP contribution in [0.2, 0.25) is 0 Å². The maximum Gasteiger partial charge on any atom is 0.327 e. The largest absolute Gasteiger partial charge is 0.454 e. The summed E-state index contributed by atoms with van der Waals surface area (Å²) in [6.45, 7) is 9.87. The summed E-state index contributed by atoms with van der Waals surface area (Å²) in [6.07, 6.45) is -6.04. The van der Waals surface area contributed by atoms with Crippen LogP contribution in [0.15, 0.2) is 24.3 Å². The van der Waals surface area contributed by atoms with E-state index in [-0.39, 0.29) is 12.4 Å². The van der Waals surface area contributed by atoms with Gasteiger partial charge in [0.1, 0.15) is 30.9 Å². The molecule has 0 spiro atoms. The lowest BCUT2D eigenvalue weighted by Gasteiger charge is -2.48. The molecule has 218 valence electrons. The fourth-order valence-electron chi connectivity index (χ4n) is 3.67. The van der Waals surface area contributed by atoms with Crippen molar-refractivity contribution in [1.29, 1.82) is 0 Å². The second-order valence-electron chi connectivity index (χ2n) is 10.6. The van der Waals surface area contributed by atoms with Gasteiger partial charge in [0.2, 0.25) is 0 Å². The molecule has 0 radical (unpaired) electrons. The van der Waals surface area contributed by atoms with E-state index in [0.717, 1.165) is 0 Å². The number of alkyl halides is 3. The standard InChI is InChI=1S/C26H33Br3O10/c1-24(2,27)21(30)36-14-11-9-8-10-13(14)19-34-12-15-16(37-19)17(38-22(31)25(3,4)28)18(20(33-7)35-15)39-23(32)26(5,6)29/h8-11,15-20H,12H2,1-7H3/t15-,16-,17+,18-,19-,20+/m1/s1. The third-order valence-corrected chi connectivity index (χ3v) is 6.81. The summed E-state index contributed by atoms with van der Waals surface area (Å²) in [7, 11) is 1.39. The van der Waals surface area contributed by atoms with Crippen LogP contribution in [0.25, 0.3) is 0 Å². The second kappa shape index (κ2) is 12.4. The van der Waals surface area contributed by atoms with Crippen molar-refractivity contribution >= 4 is 65.7 Å². The van der Waals surface area contributed by atoms with Gasteiger partial charge >= 0.3 is 17.9 Å². The SMILES string of the molecule is CO[C@H]1O[C@@H]2CO[C@@H](c3ccccc3OC(=O)C(C)(C)Br)O[C@H]2[C@H](OC(=O)C(C)(C)Br)[C@H]1OC(=O)C(C)(C)Br. The molecule has 0 unspecified atom stereocenters. The number of methoxy groups -OCH3 is 1. The Morgan fingerprint density at radius 1 is 0.821 bits per heavy atom. The summed E-state index contributed by atoms with van der Waals surface area (Å²) in [5.41, 5.74) is 0.441. The molecule has 2 aliphatic rings. The zero-order valence-electron chi connectivity index (χ0n) is 22.7. The molecule has 39 heavy (non-hydrogen) atoms. The second-order valence-corrected chi connectivity index (χ2v) is 16.6. The van der Waals surface area contributed by atoms with Crippen molar-refractivity contribution in [2.45, 2.75) is 91.5 Å². The molecule has 0 aromatic heterocycles. The van der Waals surface area contributed by atoms with E-state index in [9.17, 15) is 14.4 Å². The van der Waals surface area contributed by atoms with Crippen LogP contribution in [-0.4, -0.2) is 75.3 Å². The van der Waals surface area contributed by atoms with E-state index in [1.807, 2.05) is 0 Å². The molecular weight excluding hydrogens is 712 g/mol. The molecule has 0 amide bonds. The van der Waals surface area contributed by atoms with Crippen LogP contribution in [0.1, 0.15) is 53.4 Å². The Labute approximate surface area is 253 Å². The van der Waals surface area contributed by atoms with Gasteiger partial charge < -0.3 is 33.2 Å². The predicted molar refractivity (Wildman–Crippen MR) is 150 cm³/mol. The summed E-state index contributed by atoms with van der Waals surface area (Å²) < 4.78 is 38.0. The van der Waals surface area contributed by atoms with Gasteiger partial charge in [-0.3, -0.25) is 14.4 Å². The van der Waals surface area contributed by atoms with E-state index in [0.29, 0.717) is 5.56 Å². The predicted octanol–water partition coefficient (Wildman–Crippen LogP) is 4.72. The van der Waals surface area contributed by atoms with E-state index in [1.165, 1.54) is 7.11 Å².